The van der Waals surface area contributed by atoms with E-state index in [-0.39, 0.29) is 11.9 Å². The number of anilines is 1. The summed E-state index contributed by atoms with van der Waals surface area (Å²) in [6, 6.07) is 6.55. The van der Waals surface area contributed by atoms with Crippen molar-refractivity contribution in [3.8, 4) is 0 Å². The van der Waals surface area contributed by atoms with Crippen molar-refractivity contribution in [1.29, 1.82) is 0 Å². The van der Waals surface area contributed by atoms with E-state index in [9.17, 15) is 12.8 Å². The molecule has 5 rings (SSSR count). The van der Waals surface area contributed by atoms with Crippen LogP contribution < -0.4 is 4.90 Å². The van der Waals surface area contributed by atoms with E-state index in [4.69, 9.17) is 0 Å². The van der Waals surface area contributed by atoms with Crippen LogP contribution in [0.25, 0.3) is 0 Å². The molecule has 2 aromatic heterocycles. The summed E-state index contributed by atoms with van der Waals surface area (Å²) >= 11 is 1.27. The number of piperazine rings is 2. The van der Waals surface area contributed by atoms with Crippen LogP contribution in [0.4, 0.5) is 9.52 Å². The number of halogens is 1. The molecule has 9 nitrogen and oxygen atoms in total. The fourth-order valence-electron chi connectivity index (χ4n) is 4.70. The van der Waals surface area contributed by atoms with Gasteiger partial charge in [-0.1, -0.05) is 23.5 Å². The summed E-state index contributed by atoms with van der Waals surface area (Å²) in [6.07, 6.45) is 5.15. The third kappa shape index (κ3) is 5.32. The second kappa shape index (κ2) is 10.5. The molecule has 1 atom stereocenters. The van der Waals surface area contributed by atoms with Gasteiger partial charge in [0.2, 0.25) is 0 Å². The maximum Gasteiger partial charge on any atom is 0.254 e. The maximum absolute atomic E-state index is 13.3. The monoisotopic (exact) mass is 533 g/mol. The lowest BCUT2D eigenvalue weighted by Crippen LogP contribution is -2.48. The first-order valence-corrected chi connectivity index (χ1v) is 14.4. The topological polar surface area (TPSA) is 77.8 Å². The summed E-state index contributed by atoms with van der Waals surface area (Å²) in [6.45, 7) is 8.51. The van der Waals surface area contributed by atoms with E-state index in [0.717, 1.165) is 42.6 Å². The minimum absolute atomic E-state index is 0.0191. The van der Waals surface area contributed by atoms with Gasteiger partial charge in [-0.25, -0.2) is 22.8 Å². The Labute approximate surface area is 215 Å². The molecule has 194 valence electrons. The summed E-state index contributed by atoms with van der Waals surface area (Å²) in [5.74, 6) is -0.251. The Kier molecular flexibility index (Phi) is 7.40. The van der Waals surface area contributed by atoms with Crippen LogP contribution in [0.3, 0.4) is 0 Å². The largest absolute Gasteiger partial charge is 0.345 e. The van der Waals surface area contributed by atoms with E-state index >= 15 is 0 Å². The standard InChI is InChI=1S/C24H32FN7O2S2/c1-19(20-3-5-21(25)6-4-20)32-18-26-15-22(32)17-29-9-13-31(14-10-29)36(33,34)23-16-27-24(35-23)30-11-7-28(2)8-12-30/h3-6,15-16,18-19H,7-14,17H2,1-2H3/t19-/m1/s1. The Hall–Kier alpha value is -2.38. The molecule has 0 aliphatic carbocycles. The molecular weight excluding hydrogens is 501 g/mol. The lowest BCUT2D eigenvalue weighted by Gasteiger charge is -2.34. The highest BCUT2D eigenvalue weighted by Crippen LogP contribution is 2.30. The smallest absolute Gasteiger partial charge is 0.254 e. The van der Waals surface area contributed by atoms with Gasteiger partial charge in [0.25, 0.3) is 10.0 Å². The van der Waals surface area contributed by atoms with Gasteiger partial charge in [0, 0.05) is 65.1 Å². The number of rotatable bonds is 7. The first-order chi connectivity index (χ1) is 17.3. The number of nitrogens with zero attached hydrogens (tertiary/aromatic N) is 7. The molecule has 0 N–H and O–H groups in total. The third-order valence-corrected chi connectivity index (χ3v) is 10.5. The van der Waals surface area contributed by atoms with Gasteiger partial charge >= 0.3 is 0 Å². The molecule has 0 spiro atoms. The van der Waals surface area contributed by atoms with Gasteiger partial charge in [-0.3, -0.25) is 4.90 Å². The Bertz CT molecular complexity index is 1260. The zero-order chi connectivity index (χ0) is 25.3. The number of sulfonamides is 1. The van der Waals surface area contributed by atoms with Crippen LogP contribution in [0.2, 0.25) is 0 Å². The van der Waals surface area contributed by atoms with Crippen molar-refractivity contribution < 1.29 is 12.8 Å². The van der Waals surface area contributed by atoms with E-state index in [1.54, 1.807) is 22.8 Å². The molecule has 12 heteroatoms. The molecule has 0 saturated carbocycles. The molecule has 2 saturated heterocycles. The molecule has 2 aliphatic heterocycles. The van der Waals surface area contributed by atoms with Crippen LogP contribution in [0, 0.1) is 5.82 Å². The van der Waals surface area contributed by atoms with Crippen LogP contribution in [0.1, 0.15) is 24.2 Å². The van der Waals surface area contributed by atoms with Gasteiger partial charge in [-0.2, -0.15) is 4.31 Å². The van der Waals surface area contributed by atoms with Gasteiger partial charge in [0.05, 0.1) is 24.3 Å². The van der Waals surface area contributed by atoms with Gasteiger partial charge < -0.3 is 14.4 Å². The minimum atomic E-state index is -3.56. The summed E-state index contributed by atoms with van der Waals surface area (Å²) in [5.41, 5.74) is 2.05. The number of hydrogen-bond donors (Lipinski definition) is 0. The van der Waals surface area contributed by atoms with Gasteiger partial charge in [-0.05, 0) is 31.7 Å². The van der Waals surface area contributed by atoms with Gasteiger partial charge in [0.15, 0.2) is 9.34 Å². The molecule has 0 amide bonds. The molecule has 2 aliphatic rings. The second-order valence-corrected chi connectivity index (χ2v) is 12.6. The van der Waals surface area contributed by atoms with Crippen molar-refractivity contribution in [1.82, 2.24) is 28.6 Å². The molecule has 1 aromatic carbocycles. The average Bonchev–Trinajstić information content (AvgIpc) is 3.56. The van der Waals surface area contributed by atoms with Crippen molar-refractivity contribution in [2.45, 2.75) is 23.7 Å². The highest BCUT2D eigenvalue weighted by atomic mass is 32.2. The van der Waals surface area contributed by atoms with E-state index in [1.807, 2.05) is 6.20 Å². The van der Waals surface area contributed by atoms with E-state index in [0.29, 0.717) is 36.9 Å². The molecule has 0 radical (unpaired) electrons. The van der Waals surface area contributed by atoms with Crippen LogP contribution in [-0.2, 0) is 16.6 Å². The zero-order valence-electron chi connectivity index (χ0n) is 20.6. The normalized spacial score (nSPS) is 19.6. The first-order valence-electron chi connectivity index (χ1n) is 12.2. The number of likely N-dealkylation sites (N-methyl/N-ethyl adjacent to an activating group) is 1. The van der Waals surface area contributed by atoms with E-state index in [2.05, 4.69) is 43.2 Å². The molecule has 2 fully saturated rings. The average molecular weight is 534 g/mol. The number of hydrogen-bond acceptors (Lipinski definition) is 8. The van der Waals surface area contributed by atoms with Crippen molar-refractivity contribution in [2.75, 3.05) is 64.3 Å². The third-order valence-electron chi connectivity index (χ3n) is 7.07. The fourth-order valence-corrected chi connectivity index (χ4v) is 7.45. The molecule has 0 unspecified atom stereocenters. The van der Waals surface area contributed by atoms with Gasteiger partial charge in [0.1, 0.15) is 5.82 Å². The van der Waals surface area contributed by atoms with Crippen LogP contribution >= 0.6 is 11.3 Å². The van der Waals surface area contributed by atoms with Crippen molar-refractivity contribution in [3.63, 3.8) is 0 Å². The summed E-state index contributed by atoms with van der Waals surface area (Å²) in [5, 5.41) is 0.781. The van der Waals surface area contributed by atoms with Crippen LogP contribution in [0.15, 0.2) is 47.2 Å². The summed E-state index contributed by atoms with van der Waals surface area (Å²) in [4.78, 5) is 15.4. The number of benzene rings is 1. The molecular formula is C24H32FN7O2S2. The predicted molar refractivity (Wildman–Crippen MR) is 138 cm³/mol. The van der Waals surface area contributed by atoms with Crippen molar-refractivity contribution >= 4 is 26.5 Å². The molecule has 4 heterocycles. The van der Waals surface area contributed by atoms with Crippen LogP contribution in [0.5, 0.6) is 0 Å². The lowest BCUT2D eigenvalue weighted by atomic mass is 10.1. The second-order valence-electron chi connectivity index (χ2n) is 9.45. The minimum Gasteiger partial charge on any atom is -0.345 e. The Morgan fingerprint density at radius 3 is 2.39 bits per heavy atom. The fraction of sp³-hybridized carbons (Fsp3) is 0.500. The zero-order valence-corrected chi connectivity index (χ0v) is 22.3. The summed E-state index contributed by atoms with van der Waals surface area (Å²) < 4.78 is 43.9. The van der Waals surface area contributed by atoms with E-state index in [1.165, 1.54) is 29.7 Å². The lowest BCUT2D eigenvalue weighted by molar-refractivity contribution is 0.178. The first kappa shape index (κ1) is 25.3. The Balaban J connectivity index is 1.19. The molecule has 0 bridgehead atoms. The SMILES string of the molecule is C[C@H](c1ccc(F)cc1)n1cncc1CN1CCN(S(=O)(=O)c2cnc(N3CCN(C)CC3)s2)CC1. The van der Waals surface area contributed by atoms with E-state index < -0.39 is 10.0 Å². The maximum atomic E-state index is 13.3. The van der Waals surface area contributed by atoms with Crippen molar-refractivity contribution in [3.05, 3.63) is 60.1 Å². The highest BCUT2D eigenvalue weighted by molar-refractivity contribution is 7.91. The highest BCUT2D eigenvalue weighted by Gasteiger charge is 2.31. The number of aromatic nitrogens is 3. The number of imidazole rings is 1. The summed E-state index contributed by atoms with van der Waals surface area (Å²) in [7, 11) is -1.47. The van der Waals surface area contributed by atoms with Crippen LogP contribution in [-0.4, -0.2) is 96.5 Å². The quantitative estimate of drug-likeness (QED) is 0.461. The Morgan fingerprint density at radius 2 is 1.69 bits per heavy atom. The molecule has 3 aromatic rings. The van der Waals surface area contributed by atoms with Crippen molar-refractivity contribution in [2.24, 2.45) is 0 Å². The number of thiazole rings is 1. The van der Waals surface area contributed by atoms with Gasteiger partial charge in [-0.15, -0.1) is 0 Å². The predicted octanol–water partition coefficient (Wildman–Crippen LogP) is 2.35. The Morgan fingerprint density at radius 1 is 1.00 bits per heavy atom. The molecule has 36 heavy (non-hydrogen) atoms.